The van der Waals surface area contributed by atoms with Crippen LogP contribution in [0, 0.1) is 11.3 Å². The van der Waals surface area contributed by atoms with Crippen molar-refractivity contribution < 1.29 is 14.7 Å². The molecule has 0 aromatic heterocycles. The molecule has 1 aliphatic heterocycles. The fraction of sp³-hybridized carbons (Fsp3) is 0.867. The molecule has 114 valence electrons. The lowest BCUT2D eigenvalue weighted by atomic mass is 9.85. The molecule has 1 unspecified atom stereocenters. The van der Waals surface area contributed by atoms with Gasteiger partial charge in [0.25, 0.3) is 0 Å². The zero-order valence-corrected chi connectivity index (χ0v) is 12.5. The van der Waals surface area contributed by atoms with E-state index in [2.05, 4.69) is 19.2 Å². The Morgan fingerprint density at radius 1 is 1.30 bits per heavy atom. The highest BCUT2D eigenvalue weighted by atomic mass is 16.4. The number of aliphatic carboxylic acids is 1. The Hall–Kier alpha value is -1.26. The number of carboxylic acid groups (broad SMARTS) is 1. The first kappa shape index (κ1) is 15.1. The first-order valence-corrected chi connectivity index (χ1v) is 7.65. The predicted octanol–water partition coefficient (Wildman–Crippen LogP) is 2.46. The number of hydrogen-bond donors (Lipinski definition) is 2. The van der Waals surface area contributed by atoms with Crippen LogP contribution in [0.4, 0.5) is 4.79 Å². The minimum absolute atomic E-state index is 0.0374. The highest BCUT2D eigenvalue weighted by molar-refractivity contribution is 5.76. The molecule has 1 atom stereocenters. The number of amides is 2. The van der Waals surface area contributed by atoms with Crippen molar-refractivity contribution >= 4 is 12.0 Å². The van der Waals surface area contributed by atoms with Crippen molar-refractivity contribution in [2.24, 2.45) is 11.3 Å². The molecule has 2 rings (SSSR count). The topological polar surface area (TPSA) is 69.6 Å². The van der Waals surface area contributed by atoms with Gasteiger partial charge in [-0.05, 0) is 43.4 Å². The molecule has 1 heterocycles. The lowest BCUT2D eigenvalue weighted by molar-refractivity contribution is -0.137. The predicted molar refractivity (Wildman–Crippen MR) is 76.5 cm³/mol. The largest absolute Gasteiger partial charge is 0.481 e. The fourth-order valence-corrected chi connectivity index (χ4v) is 2.90. The summed E-state index contributed by atoms with van der Waals surface area (Å²) in [6.45, 7) is 6.03. The van der Waals surface area contributed by atoms with Gasteiger partial charge in [0.2, 0.25) is 0 Å². The molecule has 0 bridgehead atoms. The lowest BCUT2D eigenvalue weighted by Gasteiger charge is -2.26. The second-order valence-electron chi connectivity index (χ2n) is 7.00. The molecular weight excluding hydrogens is 256 g/mol. The molecular formula is C15H26N2O3. The summed E-state index contributed by atoms with van der Waals surface area (Å²) in [5, 5.41) is 11.9. The van der Waals surface area contributed by atoms with Crippen molar-refractivity contribution in [3.8, 4) is 0 Å². The Balaban J connectivity index is 1.88. The van der Waals surface area contributed by atoms with Crippen LogP contribution in [0.25, 0.3) is 0 Å². The Kier molecular flexibility index (Phi) is 4.55. The third-order valence-corrected chi connectivity index (χ3v) is 4.52. The smallest absolute Gasteiger partial charge is 0.317 e. The number of nitrogens with zero attached hydrogens (tertiary/aromatic N) is 1. The van der Waals surface area contributed by atoms with E-state index in [4.69, 9.17) is 5.11 Å². The summed E-state index contributed by atoms with van der Waals surface area (Å²) in [4.78, 5) is 25.0. The first-order valence-electron chi connectivity index (χ1n) is 7.65. The number of hydrogen-bond acceptors (Lipinski definition) is 2. The summed E-state index contributed by atoms with van der Waals surface area (Å²) >= 11 is 0. The molecule has 2 fully saturated rings. The molecule has 2 amide bonds. The van der Waals surface area contributed by atoms with Gasteiger partial charge >= 0.3 is 12.0 Å². The van der Waals surface area contributed by atoms with Gasteiger partial charge in [0, 0.05) is 19.1 Å². The maximum Gasteiger partial charge on any atom is 0.317 e. The van der Waals surface area contributed by atoms with Gasteiger partial charge in [0.15, 0.2) is 0 Å². The zero-order chi connectivity index (χ0) is 14.8. The van der Waals surface area contributed by atoms with Gasteiger partial charge in [-0.2, -0.15) is 0 Å². The van der Waals surface area contributed by atoms with E-state index < -0.39 is 5.97 Å². The molecule has 20 heavy (non-hydrogen) atoms. The quantitative estimate of drug-likeness (QED) is 0.832. The number of likely N-dealkylation sites (tertiary alicyclic amines) is 1. The number of carbonyl (C=O) groups excluding carboxylic acids is 1. The number of carbonyl (C=O) groups is 2. The SMILES string of the molecule is CC1(C)CCCN(C(=O)NC(CC(=O)O)C2CC2)CC1. The highest BCUT2D eigenvalue weighted by Gasteiger charge is 2.35. The lowest BCUT2D eigenvalue weighted by Crippen LogP contribution is -2.46. The van der Waals surface area contributed by atoms with Crippen LogP contribution in [0.5, 0.6) is 0 Å². The van der Waals surface area contributed by atoms with E-state index in [1.54, 1.807) is 0 Å². The molecule has 1 saturated heterocycles. The van der Waals surface area contributed by atoms with Crippen LogP contribution >= 0.6 is 0 Å². The summed E-state index contributed by atoms with van der Waals surface area (Å²) in [7, 11) is 0. The van der Waals surface area contributed by atoms with Gasteiger partial charge < -0.3 is 15.3 Å². The van der Waals surface area contributed by atoms with Crippen molar-refractivity contribution in [1.82, 2.24) is 10.2 Å². The van der Waals surface area contributed by atoms with Crippen LogP contribution < -0.4 is 5.32 Å². The van der Waals surface area contributed by atoms with E-state index in [1.807, 2.05) is 4.90 Å². The normalized spacial score (nSPS) is 23.8. The van der Waals surface area contributed by atoms with E-state index >= 15 is 0 Å². The van der Waals surface area contributed by atoms with E-state index in [9.17, 15) is 9.59 Å². The second kappa shape index (κ2) is 6.02. The summed E-state index contributed by atoms with van der Waals surface area (Å²) in [6, 6.07) is -0.280. The van der Waals surface area contributed by atoms with E-state index in [0.29, 0.717) is 11.3 Å². The number of urea groups is 1. The van der Waals surface area contributed by atoms with E-state index in [1.165, 1.54) is 0 Å². The molecule has 2 N–H and O–H groups in total. The molecule has 1 aliphatic carbocycles. The molecule has 1 saturated carbocycles. The highest BCUT2D eigenvalue weighted by Crippen LogP contribution is 2.34. The van der Waals surface area contributed by atoms with Crippen molar-refractivity contribution in [1.29, 1.82) is 0 Å². The van der Waals surface area contributed by atoms with Gasteiger partial charge in [0.05, 0.1) is 6.42 Å². The van der Waals surface area contributed by atoms with Crippen molar-refractivity contribution in [2.45, 2.75) is 58.4 Å². The molecule has 0 aromatic carbocycles. The van der Waals surface area contributed by atoms with Crippen LogP contribution in [0.1, 0.15) is 52.4 Å². The zero-order valence-electron chi connectivity index (χ0n) is 12.5. The van der Waals surface area contributed by atoms with Gasteiger partial charge in [-0.15, -0.1) is 0 Å². The van der Waals surface area contributed by atoms with Crippen LogP contribution in [-0.2, 0) is 4.79 Å². The van der Waals surface area contributed by atoms with Crippen LogP contribution in [0.15, 0.2) is 0 Å². The average molecular weight is 282 g/mol. The molecule has 0 spiro atoms. The van der Waals surface area contributed by atoms with Crippen LogP contribution in [0.2, 0.25) is 0 Å². The standard InChI is InChI=1S/C15H26N2O3/c1-15(2)6-3-8-17(9-7-15)14(20)16-12(10-13(18)19)11-4-5-11/h11-12H,3-10H2,1-2H3,(H,16,20)(H,18,19). The van der Waals surface area contributed by atoms with Crippen molar-refractivity contribution in [2.75, 3.05) is 13.1 Å². The molecule has 2 aliphatic rings. The maximum absolute atomic E-state index is 12.3. The minimum Gasteiger partial charge on any atom is -0.481 e. The van der Waals surface area contributed by atoms with E-state index in [0.717, 1.165) is 45.2 Å². The summed E-state index contributed by atoms with van der Waals surface area (Å²) < 4.78 is 0. The fourth-order valence-electron chi connectivity index (χ4n) is 2.90. The van der Waals surface area contributed by atoms with Crippen molar-refractivity contribution in [3.63, 3.8) is 0 Å². The average Bonchev–Trinajstić information content (AvgIpc) is 3.14. The first-order chi connectivity index (χ1) is 9.37. The van der Waals surface area contributed by atoms with E-state index in [-0.39, 0.29) is 18.5 Å². The summed E-state index contributed by atoms with van der Waals surface area (Å²) in [6.07, 6.45) is 5.27. The monoisotopic (exact) mass is 282 g/mol. The Morgan fingerprint density at radius 3 is 2.60 bits per heavy atom. The maximum atomic E-state index is 12.3. The molecule has 0 aromatic rings. The van der Waals surface area contributed by atoms with Crippen molar-refractivity contribution in [3.05, 3.63) is 0 Å². The second-order valence-corrected chi connectivity index (χ2v) is 7.00. The number of rotatable bonds is 4. The van der Waals surface area contributed by atoms with Gasteiger partial charge in [0.1, 0.15) is 0 Å². The Morgan fingerprint density at radius 2 is 2.00 bits per heavy atom. The molecule has 5 nitrogen and oxygen atoms in total. The van der Waals surface area contributed by atoms with Gasteiger partial charge in [-0.1, -0.05) is 13.8 Å². The Bertz CT molecular complexity index is 377. The minimum atomic E-state index is -0.834. The van der Waals surface area contributed by atoms with Crippen LogP contribution in [-0.4, -0.2) is 41.1 Å². The van der Waals surface area contributed by atoms with Gasteiger partial charge in [-0.25, -0.2) is 4.79 Å². The number of nitrogens with one attached hydrogen (secondary N) is 1. The molecule has 5 heteroatoms. The summed E-state index contributed by atoms with van der Waals surface area (Å²) in [5.74, 6) is -0.474. The van der Waals surface area contributed by atoms with Gasteiger partial charge in [-0.3, -0.25) is 4.79 Å². The summed E-state index contributed by atoms with van der Waals surface area (Å²) in [5.41, 5.74) is 0.298. The molecule has 0 radical (unpaired) electrons. The Labute approximate surface area is 120 Å². The third kappa shape index (κ3) is 4.39. The number of carboxylic acids is 1. The third-order valence-electron chi connectivity index (χ3n) is 4.52. The van der Waals surface area contributed by atoms with Crippen LogP contribution in [0.3, 0.4) is 0 Å².